The Kier molecular flexibility index (Phi) is 4.66. The molecule has 1 N–H and O–H groups in total. The van der Waals surface area contributed by atoms with Crippen molar-refractivity contribution in [3.63, 3.8) is 0 Å². The van der Waals surface area contributed by atoms with E-state index in [2.05, 4.69) is 22.3 Å². The summed E-state index contributed by atoms with van der Waals surface area (Å²) in [7, 11) is 3.44. The molecule has 24 heavy (non-hydrogen) atoms. The van der Waals surface area contributed by atoms with Crippen molar-refractivity contribution in [1.29, 1.82) is 0 Å². The van der Waals surface area contributed by atoms with Crippen LogP contribution in [0.3, 0.4) is 0 Å². The van der Waals surface area contributed by atoms with Crippen molar-refractivity contribution in [3.8, 4) is 0 Å². The van der Waals surface area contributed by atoms with Crippen LogP contribution < -0.4 is 5.32 Å². The maximum absolute atomic E-state index is 12.5. The highest BCUT2D eigenvalue weighted by Gasteiger charge is 2.32. The lowest BCUT2D eigenvalue weighted by Crippen LogP contribution is -2.40. The van der Waals surface area contributed by atoms with Gasteiger partial charge in [-0.15, -0.1) is 11.3 Å². The molecule has 0 spiro atoms. The molecule has 0 aromatic carbocycles. The van der Waals surface area contributed by atoms with Crippen LogP contribution in [0.15, 0.2) is 12.3 Å². The fraction of sp³-hybridized carbons (Fsp3) is 0.500. The molecule has 0 unspecified atom stereocenters. The summed E-state index contributed by atoms with van der Waals surface area (Å²) in [6.07, 6.45) is 5.38. The number of nitrogens with zero attached hydrogens (tertiary/aromatic N) is 4. The molecule has 8 heteroatoms. The van der Waals surface area contributed by atoms with Crippen LogP contribution in [0.1, 0.15) is 41.4 Å². The Morgan fingerprint density at radius 3 is 2.96 bits per heavy atom. The van der Waals surface area contributed by atoms with E-state index in [1.165, 1.54) is 4.90 Å². The van der Waals surface area contributed by atoms with E-state index in [4.69, 9.17) is 0 Å². The molecule has 0 fully saturated rings. The van der Waals surface area contributed by atoms with Crippen molar-refractivity contribution >= 4 is 29.0 Å². The second-order valence-corrected chi connectivity index (χ2v) is 7.04. The number of carbonyl (C=O) groups is 2. The van der Waals surface area contributed by atoms with Crippen LogP contribution >= 0.6 is 11.3 Å². The topological polar surface area (TPSA) is 80.1 Å². The van der Waals surface area contributed by atoms with E-state index in [0.717, 1.165) is 41.3 Å². The highest BCUT2D eigenvalue weighted by atomic mass is 32.1. The molecular weight excluding hydrogens is 326 g/mol. The lowest BCUT2D eigenvalue weighted by molar-refractivity contribution is -0.143. The van der Waals surface area contributed by atoms with Gasteiger partial charge in [-0.3, -0.25) is 14.3 Å². The van der Waals surface area contributed by atoms with Gasteiger partial charge >= 0.3 is 11.8 Å². The number of nitrogens with one attached hydrogen (secondary N) is 1. The second-order valence-electron chi connectivity index (χ2n) is 5.92. The third-order valence-electron chi connectivity index (χ3n) is 4.21. The average molecular weight is 347 g/mol. The maximum atomic E-state index is 12.5. The van der Waals surface area contributed by atoms with E-state index < -0.39 is 11.8 Å². The minimum Gasteiger partial charge on any atom is -0.330 e. The summed E-state index contributed by atoms with van der Waals surface area (Å²) in [6, 6.07) is 1.58. The minimum atomic E-state index is -0.663. The summed E-state index contributed by atoms with van der Waals surface area (Å²) in [5.41, 5.74) is 1.08. The fourth-order valence-corrected chi connectivity index (χ4v) is 4.15. The van der Waals surface area contributed by atoms with E-state index in [1.54, 1.807) is 42.4 Å². The highest BCUT2D eigenvalue weighted by molar-refractivity contribution is 7.11. The zero-order valence-electron chi connectivity index (χ0n) is 14.1. The normalized spacial score (nSPS) is 16.5. The molecule has 1 aliphatic rings. The number of hydrogen-bond donors (Lipinski definition) is 1. The molecule has 0 radical (unpaired) electrons. The number of fused-ring (bicyclic) bond motifs is 1. The summed E-state index contributed by atoms with van der Waals surface area (Å²) < 4.78 is 1.57. The third kappa shape index (κ3) is 3.19. The number of aromatic nitrogens is 3. The molecule has 2 aromatic rings. The van der Waals surface area contributed by atoms with Gasteiger partial charge < -0.3 is 10.2 Å². The number of likely N-dealkylation sites (N-methyl/N-ethyl adjacent to an activating group) is 1. The molecule has 2 aromatic heterocycles. The van der Waals surface area contributed by atoms with Gasteiger partial charge in [-0.05, 0) is 25.7 Å². The van der Waals surface area contributed by atoms with Gasteiger partial charge in [-0.1, -0.05) is 6.92 Å². The van der Waals surface area contributed by atoms with Gasteiger partial charge in [0.15, 0.2) is 5.82 Å². The van der Waals surface area contributed by atoms with Crippen molar-refractivity contribution in [2.45, 2.75) is 38.6 Å². The predicted molar refractivity (Wildman–Crippen MR) is 91.8 cm³/mol. The molecule has 0 aliphatic heterocycles. The van der Waals surface area contributed by atoms with Gasteiger partial charge in [0.05, 0.1) is 21.6 Å². The Labute approximate surface area is 144 Å². The van der Waals surface area contributed by atoms with Gasteiger partial charge in [0.25, 0.3) is 0 Å². The predicted octanol–water partition coefficient (Wildman–Crippen LogP) is 1.91. The number of anilines is 1. The zero-order chi connectivity index (χ0) is 17.3. The van der Waals surface area contributed by atoms with Crippen LogP contribution in [0.2, 0.25) is 0 Å². The summed E-state index contributed by atoms with van der Waals surface area (Å²) >= 11 is 1.66. The second kappa shape index (κ2) is 6.72. The first kappa shape index (κ1) is 16.6. The molecule has 2 amide bonds. The van der Waals surface area contributed by atoms with Gasteiger partial charge in [0.1, 0.15) is 0 Å². The first-order valence-electron chi connectivity index (χ1n) is 8.05. The molecule has 128 valence electrons. The van der Waals surface area contributed by atoms with E-state index in [9.17, 15) is 9.59 Å². The van der Waals surface area contributed by atoms with Crippen molar-refractivity contribution in [2.24, 2.45) is 7.05 Å². The van der Waals surface area contributed by atoms with Crippen molar-refractivity contribution in [3.05, 3.63) is 27.8 Å². The largest absolute Gasteiger partial charge is 0.330 e. The third-order valence-corrected chi connectivity index (χ3v) is 5.55. The van der Waals surface area contributed by atoms with Crippen molar-refractivity contribution < 1.29 is 9.59 Å². The Hall–Kier alpha value is -2.22. The van der Waals surface area contributed by atoms with Gasteiger partial charge in [0.2, 0.25) is 0 Å². The molecule has 1 atom stereocenters. The maximum Gasteiger partial charge on any atom is 0.315 e. The Morgan fingerprint density at radius 1 is 1.50 bits per heavy atom. The number of aryl methyl sites for hydroxylation is 3. The van der Waals surface area contributed by atoms with Crippen LogP contribution in [0.4, 0.5) is 5.82 Å². The van der Waals surface area contributed by atoms with Gasteiger partial charge in [0, 0.05) is 26.4 Å². The van der Waals surface area contributed by atoms with Crippen LogP contribution in [-0.2, 0) is 29.5 Å². The van der Waals surface area contributed by atoms with Crippen LogP contribution in [-0.4, -0.2) is 38.5 Å². The summed E-state index contributed by atoms with van der Waals surface area (Å²) in [4.78, 5) is 32.0. The average Bonchev–Trinajstić information content (AvgIpc) is 3.18. The minimum absolute atomic E-state index is 0.0754. The molecule has 7 nitrogen and oxygen atoms in total. The SMILES string of the molecule is CCc1nc2c(s1)[C@@H](N(C)C(=O)C(=O)Nc1ccn(C)n1)CCC2. The lowest BCUT2D eigenvalue weighted by atomic mass is 9.97. The Balaban J connectivity index is 1.74. The smallest absolute Gasteiger partial charge is 0.315 e. The zero-order valence-corrected chi connectivity index (χ0v) is 14.9. The summed E-state index contributed by atoms with van der Waals surface area (Å²) in [5, 5.41) is 7.70. The van der Waals surface area contributed by atoms with Crippen LogP contribution in [0, 0.1) is 0 Å². The highest BCUT2D eigenvalue weighted by Crippen LogP contribution is 2.37. The molecule has 0 saturated carbocycles. The van der Waals surface area contributed by atoms with E-state index in [1.807, 2.05) is 0 Å². The summed E-state index contributed by atoms with van der Waals surface area (Å²) in [5.74, 6) is -0.840. The van der Waals surface area contributed by atoms with Crippen LogP contribution in [0.5, 0.6) is 0 Å². The van der Waals surface area contributed by atoms with E-state index in [-0.39, 0.29) is 6.04 Å². The van der Waals surface area contributed by atoms with Gasteiger partial charge in [-0.2, -0.15) is 5.10 Å². The first-order chi connectivity index (χ1) is 11.5. The number of carbonyl (C=O) groups excluding carboxylic acids is 2. The number of thiazole rings is 1. The molecule has 0 bridgehead atoms. The van der Waals surface area contributed by atoms with Crippen molar-refractivity contribution in [1.82, 2.24) is 19.7 Å². The number of hydrogen-bond acceptors (Lipinski definition) is 5. The lowest BCUT2D eigenvalue weighted by Gasteiger charge is -2.30. The first-order valence-corrected chi connectivity index (χ1v) is 8.87. The monoisotopic (exact) mass is 347 g/mol. The summed E-state index contributed by atoms with van der Waals surface area (Å²) in [6.45, 7) is 2.08. The molecular formula is C16H21N5O2S. The van der Waals surface area contributed by atoms with Gasteiger partial charge in [-0.25, -0.2) is 4.98 Å². The molecule has 3 rings (SSSR count). The Bertz CT molecular complexity index is 766. The van der Waals surface area contributed by atoms with Crippen molar-refractivity contribution in [2.75, 3.05) is 12.4 Å². The fourth-order valence-electron chi connectivity index (χ4n) is 2.92. The standard InChI is InChI=1S/C16H21N5O2S/c1-4-13-17-10-6-5-7-11(14(10)24-13)21(3)16(23)15(22)18-12-8-9-20(2)19-12/h8-9,11H,4-7H2,1-3H3,(H,18,19,22)/t11-/m0/s1. The molecule has 1 aliphatic carbocycles. The van der Waals surface area contributed by atoms with Crippen LogP contribution in [0.25, 0.3) is 0 Å². The quantitative estimate of drug-likeness (QED) is 0.860. The molecule has 0 saturated heterocycles. The number of rotatable bonds is 3. The number of amides is 2. The Morgan fingerprint density at radius 2 is 2.29 bits per heavy atom. The molecule has 2 heterocycles. The van der Waals surface area contributed by atoms with E-state index in [0.29, 0.717) is 5.82 Å². The van der Waals surface area contributed by atoms with E-state index >= 15 is 0 Å².